The van der Waals surface area contributed by atoms with Crippen LogP contribution in [0.4, 0.5) is 11.6 Å². The van der Waals surface area contributed by atoms with E-state index in [0.29, 0.717) is 5.82 Å². The van der Waals surface area contributed by atoms with Crippen LogP contribution in [-0.2, 0) is 18.9 Å². The molecule has 2 rings (SSSR count). The Morgan fingerprint density at radius 1 is 0.962 bits per heavy atom. The fraction of sp³-hybridized carbons (Fsp3) is 0.400. The minimum absolute atomic E-state index is 0.118. The van der Waals surface area contributed by atoms with E-state index in [1.54, 1.807) is 31.9 Å². The van der Waals surface area contributed by atoms with E-state index in [9.17, 15) is 14.4 Å². The smallest absolute Gasteiger partial charge is 0.292 e. The summed E-state index contributed by atoms with van der Waals surface area (Å²) in [5.41, 5.74) is 0. The van der Waals surface area contributed by atoms with Gasteiger partial charge in [-0.15, -0.1) is 0 Å². The molecule has 0 bridgehead atoms. The Kier molecular flexibility index (Phi) is 5.94. The zero-order chi connectivity index (χ0) is 19.3. The van der Waals surface area contributed by atoms with Crippen molar-refractivity contribution in [3.8, 4) is 0 Å². The summed E-state index contributed by atoms with van der Waals surface area (Å²) in [5.74, 6) is 0.0569. The highest BCUT2D eigenvalue weighted by Crippen LogP contribution is 2.11. The van der Waals surface area contributed by atoms with Crippen molar-refractivity contribution in [2.24, 2.45) is 14.1 Å². The summed E-state index contributed by atoms with van der Waals surface area (Å²) in [5, 5.41) is 10.5. The molecule has 140 valence electrons. The van der Waals surface area contributed by atoms with E-state index in [-0.39, 0.29) is 36.3 Å². The summed E-state index contributed by atoms with van der Waals surface area (Å²) in [6.07, 6.45) is 3.37. The quantitative estimate of drug-likeness (QED) is 0.515. The summed E-state index contributed by atoms with van der Waals surface area (Å²) in [6.45, 7) is 0.188. The highest BCUT2D eigenvalue weighted by Gasteiger charge is 2.18. The van der Waals surface area contributed by atoms with E-state index >= 15 is 0 Å². The first-order chi connectivity index (χ1) is 12.3. The van der Waals surface area contributed by atoms with Crippen molar-refractivity contribution < 1.29 is 14.4 Å². The Labute approximate surface area is 150 Å². The second-order valence-corrected chi connectivity index (χ2v) is 5.50. The molecule has 2 heterocycles. The largest absolute Gasteiger partial charge is 0.372 e. The van der Waals surface area contributed by atoms with Gasteiger partial charge in [-0.2, -0.15) is 0 Å². The molecule has 3 amide bonds. The second-order valence-electron chi connectivity index (χ2n) is 5.50. The molecule has 0 spiro atoms. The van der Waals surface area contributed by atoms with Crippen molar-refractivity contribution in [3.63, 3.8) is 0 Å². The fourth-order valence-electron chi connectivity index (χ4n) is 2.20. The van der Waals surface area contributed by atoms with Crippen molar-refractivity contribution in [1.82, 2.24) is 29.7 Å². The third-order valence-electron chi connectivity index (χ3n) is 3.57. The van der Waals surface area contributed by atoms with Crippen LogP contribution in [0.3, 0.4) is 0 Å². The number of imidazole rings is 2. The third kappa shape index (κ3) is 4.37. The number of carbonyl (C=O) groups is 3. The second kappa shape index (κ2) is 8.14. The molecule has 0 aliphatic rings. The van der Waals surface area contributed by atoms with Gasteiger partial charge in [0, 0.05) is 53.5 Å². The molecule has 11 heteroatoms. The minimum atomic E-state index is -0.446. The lowest BCUT2D eigenvalue weighted by Crippen LogP contribution is -2.30. The first-order valence-electron chi connectivity index (χ1n) is 7.90. The Morgan fingerprint density at radius 2 is 1.54 bits per heavy atom. The van der Waals surface area contributed by atoms with Gasteiger partial charge in [0.15, 0.2) is 5.82 Å². The zero-order valence-corrected chi connectivity index (χ0v) is 15.1. The number of anilines is 2. The van der Waals surface area contributed by atoms with Crippen molar-refractivity contribution in [1.29, 1.82) is 0 Å². The molecule has 4 N–H and O–H groups in total. The maximum atomic E-state index is 12.3. The van der Waals surface area contributed by atoms with Crippen molar-refractivity contribution in [2.75, 3.05) is 31.3 Å². The molecule has 0 atom stereocenters. The normalized spacial score (nSPS) is 10.3. The molecule has 0 aromatic carbocycles. The molecule has 0 radical (unpaired) electrons. The number of hydrogen-bond acceptors (Lipinski definition) is 6. The monoisotopic (exact) mass is 362 g/mol. The van der Waals surface area contributed by atoms with Crippen LogP contribution in [0, 0.1) is 0 Å². The maximum Gasteiger partial charge on any atom is 0.292 e. The topological polar surface area (TPSA) is 135 Å². The fourth-order valence-corrected chi connectivity index (χ4v) is 2.20. The molecule has 11 nitrogen and oxygen atoms in total. The van der Waals surface area contributed by atoms with Crippen molar-refractivity contribution >= 4 is 29.4 Å². The number of carbonyl (C=O) groups excluding carboxylic acids is 3. The number of hydrogen-bond donors (Lipinski definition) is 4. The number of aromatic nitrogens is 4. The highest BCUT2D eigenvalue weighted by molar-refractivity contribution is 6.02. The van der Waals surface area contributed by atoms with E-state index in [0.717, 1.165) is 0 Å². The van der Waals surface area contributed by atoms with Gasteiger partial charge in [0.25, 0.3) is 11.8 Å². The Bertz CT molecular complexity index is 823. The van der Waals surface area contributed by atoms with Gasteiger partial charge in [0.1, 0.15) is 5.82 Å². The van der Waals surface area contributed by atoms with Gasteiger partial charge in [-0.05, 0) is 0 Å². The summed E-state index contributed by atoms with van der Waals surface area (Å²) in [6, 6.07) is 0. The molecule has 0 saturated carbocycles. The van der Waals surface area contributed by atoms with Gasteiger partial charge in [-0.3, -0.25) is 14.4 Å². The molecule has 0 aliphatic heterocycles. The minimum Gasteiger partial charge on any atom is -0.372 e. The van der Waals surface area contributed by atoms with Crippen LogP contribution in [0.5, 0.6) is 0 Å². The summed E-state index contributed by atoms with van der Waals surface area (Å²) in [7, 11) is 6.57. The molecule has 0 unspecified atom stereocenters. The first kappa shape index (κ1) is 19.0. The lowest BCUT2D eigenvalue weighted by atomic mass is 10.4. The van der Waals surface area contributed by atoms with Gasteiger partial charge in [0.05, 0.1) is 0 Å². The Hall–Kier alpha value is -3.37. The average Bonchev–Trinajstić information content (AvgIpc) is 3.16. The molecule has 2 aromatic heterocycles. The van der Waals surface area contributed by atoms with Crippen LogP contribution in [0.1, 0.15) is 27.7 Å². The number of nitrogens with zero attached hydrogens (tertiary/aromatic N) is 4. The third-order valence-corrected chi connectivity index (χ3v) is 3.57. The van der Waals surface area contributed by atoms with E-state index in [1.807, 2.05) is 0 Å². The lowest BCUT2D eigenvalue weighted by molar-refractivity contribution is -0.120. The Balaban J connectivity index is 2.02. The van der Waals surface area contributed by atoms with Gasteiger partial charge in [-0.1, -0.05) is 0 Å². The molecule has 26 heavy (non-hydrogen) atoms. The van der Waals surface area contributed by atoms with E-state index in [1.165, 1.54) is 17.8 Å². The van der Waals surface area contributed by atoms with E-state index in [4.69, 9.17) is 0 Å². The van der Waals surface area contributed by atoms with Gasteiger partial charge in [-0.25, -0.2) is 9.97 Å². The van der Waals surface area contributed by atoms with Crippen LogP contribution in [0.2, 0.25) is 0 Å². The van der Waals surface area contributed by atoms with E-state index < -0.39 is 11.8 Å². The highest BCUT2D eigenvalue weighted by atomic mass is 16.2. The molecule has 0 saturated heterocycles. The van der Waals surface area contributed by atoms with Gasteiger partial charge >= 0.3 is 0 Å². The van der Waals surface area contributed by atoms with Crippen LogP contribution in [-0.4, -0.2) is 57.5 Å². The number of rotatable bonds is 7. The predicted octanol–water partition coefficient (Wildman–Crippen LogP) is -0.687. The number of amides is 3. The summed E-state index contributed by atoms with van der Waals surface area (Å²) >= 11 is 0. The predicted molar refractivity (Wildman–Crippen MR) is 94.9 cm³/mol. The molecule has 2 aromatic rings. The Morgan fingerprint density at radius 3 is 2.12 bits per heavy atom. The van der Waals surface area contributed by atoms with Crippen molar-refractivity contribution in [3.05, 3.63) is 24.0 Å². The van der Waals surface area contributed by atoms with Gasteiger partial charge < -0.3 is 30.4 Å². The number of nitrogens with one attached hydrogen (secondary N) is 4. The summed E-state index contributed by atoms with van der Waals surface area (Å²) in [4.78, 5) is 43.9. The van der Waals surface area contributed by atoms with Crippen LogP contribution < -0.4 is 21.3 Å². The average molecular weight is 362 g/mol. The van der Waals surface area contributed by atoms with Crippen LogP contribution in [0.25, 0.3) is 0 Å². The van der Waals surface area contributed by atoms with Crippen molar-refractivity contribution in [2.45, 2.75) is 6.42 Å². The maximum absolute atomic E-state index is 12.3. The standard InChI is InChI=1S/C15H22N8O3/c1-16-9-7-22(3)13(19-9)15(26)21-10-8-23(4)12(20-10)14(25)18-6-5-11(24)17-2/h7-8,16H,5-6H2,1-4H3,(H,17,24)(H,18,25)(H,21,26). The first-order valence-corrected chi connectivity index (χ1v) is 7.90. The van der Waals surface area contributed by atoms with E-state index in [2.05, 4.69) is 31.2 Å². The van der Waals surface area contributed by atoms with Crippen LogP contribution in [0.15, 0.2) is 12.4 Å². The van der Waals surface area contributed by atoms with Crippen LogP contribution >= 0.6 is 0 Å². The summed E-state index contributed by atoms with van der Waals surface area (Å²) < 4.78 is 3.07. The molecular formula is C15H22N8O3. The SMILES string of the molecule is CNC(=O)CCNC(=O)c1nc(NC(=O)c2nc(NC)cn2C)cn1C. The molecule has 0 aliphatic carbocycles. The molecular weight excluding hydrogens is 340 g/mol. The number of aryl methyl sites for hydroxylation is 2. The molecule has 0 fully saturated rings. The van der Waals surface area contributed by atoms with Gasteiger partial charge in [0.2, 0.25) is 17.6 Å². The zero-order valence-electron chi connectivity index (χ0n) is 15.1. The lowest BCUT2D eigenvalue weighted by Gasteiger charge is -2.04.